The van der Waals surface area contributed by atoms with E-state index in [0.29, 0.717) is 0 Å². The fraction of sp³-hybridized carbons (Fsp3) is 0.667. The van der Waals surface area contributed by atoms with E-state index in [0.717, 1.165) is 6.54 Å². The van der Waals surface area contributed by atoms with Crippen LogP contribution in [0.25, 0.3) is 0 Å². The van der Waals surface area contributed by atoms with Crippen molar-refractivity contribution in [3.05, 3.63) is 18.5 Å². The average Bonchev–Trinajstić information content (AvgIpc) is 2.37. The molecule has 3 nitrogen and oxygen atoms in total. The second-order valence-electron chi connectivity index (χ2n) is 4.20. The Morgan fingerprint density at radius 2 is 2.08 bits per heavy atom. The molecular weight excluding hydrogens is 186 g/mol. The third kappa shape index (κ3) is 3.79. The van der Waals surface area contributed by atoms with Crippen molar-refractivity contribution >= 4 is 12.4 Å². The fourth-order valence-corrected chi connectivity index (χ4v) is 0.884. The van der Waals surface area contributed by atoms with E-state index in [4.69, 9.17) is 5.73 Å². The van der Waals surface area contributed by atoms with Crippen LogP contribution in [0.15, 0.2) is 18.5 Å². The van der Waals surface area contributed by atoms with Crippen molar-refractivity contribution in [1.82, 2.24) is 9.78 Å². The van der Waals surface area contributed by atoms with E-state index in [1.807, 2.05) is 16.9 Å². The molecule has 1 rings (SSSR count). The standard InChI is InChI=1S/C9H17N3.ClH/c1-9(2,3)8(10)7-12-6-4-5-11-12;/h4-6,8H,7,10H2,1-3H3;1H. The quantitative estimate of drug-likeness (QED) is 0.795. The van der Waals surface area contributed by atoms with E-state index < -0.39 is 0 Å². The highest BCUT2D eigenvalue weighted by Crippen LogP contribution is 2.18. The van der Waals surface area contributed by atoms with Gasteiger partial charge in [0.1, 0.15) is 0 Å². The first-order chi connectivity index (χ1) is 5.50. The second kappa shape index (κ2) is 4.63. The van der Waals surface area contributed by atoms with Crippen molar-refractivity contribution in [3.63, 3.8) is 0 Å². The van der Waals surface area contributed by atoms with Gasteiger partial charge in [0, 0.05) is 18.4 Å². The molecular formula is C9H18ClN3. The Bertz CT molecular complexity index is 226. The summed E-state index contributed by atoms with van der Waals surface area (Å²) < 4.78 is 1.87. The topological polar surface area (TPSA) is 43.8 Å². The molecule has 0 saturated carbocycles. The van der Waals surface area contributed by atoms with Gasteiger partial charge in [0.15, 0.2) is 0 Å². The summed E-state index contributed by atoms with van der Waals surface area (Å²) in [5, 5.41) is 4.11. The molecule has 13 heavy (non-hydrogen) atoms. The molecule has 0 amide bonds. The van der Waals surface area contributed by atoms with Crippen molar-refractivity contribution in [2.75, 3.05) is 0 Å². The number of hydrogen-bond acceptors (Lipinski definition) is 2. The van der Waals surface area contributed by atoms with Crippen LogP contribution in [-0.2, 0) is 6.54 Å². The van der Waals surface area contributed by atoms with E-state index >= 15 is 0 Å². The van der Waals surface area contributed by atoms with Crippen LogP contribution < -0.4 is 5.73 Å². The number of nitrogens with two attached hydrogens (primary N) is 1. The van der Waals surface area contributed by atoms with E-state index in [1.165, 1.54) is 0 Å². The molecule has 1 heterocycles. The Balaban J connectivity index is 0.00000144. The SMILES string of the molecule is CC(C)(C)C(N)Cn1cccn1.Cl. The normalized spacial score (nSPS) is 13.5. The van der Waals surface area contributed by atoms with Crippen molar-refractivity contribution in [2.45, 2.75) is 33.4 Å². The van der Waals surface area contributed by atoms with Crippen LogP contribution in [0.1, 0.15) is 20.8 Å². The summed E-state index contributed by atoms with van der Waals surface area (Å²) in [5.74, 6) is 0. The predicted molar refractivity (Wildman–Crippen MR) is 56.9 cm³/mol. The molecule has 76 valence electrons. The second-order valence-corrected chi connectivity index (χ2v) is 4.20. The molecule has 4 heteroatoms. The van der Waals surface area contributed by atoms with Gasteiger partial charge in [0.05, 0.1) is 6.54 Å². The van der Waals surface area contributed by atoms with Gasteiger partial charge in [-0.25, -0.2) is 0 Å². The lowest BCUT2D eigenvalue weighted by Gasteiger charge is -2.26. The number of nitrogens with zero attached hydrogens (tertiary/aromatic N) is 2. The van der Waals surface area contributed by atoms with Gasteiger partial charge in [-0.2, -0.15) is 5.10 Å². The highest BCUT2D eigenvalue weighted by molar-refractivity contribution is 5.85. The Morgan fingerprint density at radius 1 is 1.46 bits per heavy atom. The molecule has 2 N–H and O–H groups in total. The molecule has 0 saturated heterocycles. The third-order valence-corrected chi connectivity index (χ3v) is 2.06. The maximum Gasteiger partial charge on any atom is 0.0565 e. The third-order valence-electron chi connectivity index (χ3n) is 2.06. The molecule has 0 aromatic carbocycles. The van der Waals surface area contributed by atoms with Gasteiger partial charge in [-0.15, -0.1) is 12.4 Å². The summed E-state index contributed by atoms with van der Waals surface area (Å²) in [5.41, 5.74) is 6.13. The first kappa shape index (κ1) is 12.5. The Kier molecular flexibility index (Phi) is 4.44. The fourth-order valence-electron chi connectivity index (χ4n) is 0.884. The summed E-state index contributed by atoms with van der Waals surface area (Å²) in [7, 11) is 0. The molecule has 0 radical (unpaired) electrons. The molecule has 0 bridgehead atoms. The zero-order valence-electron chi connectivity index (χ0n) is 8.40. The maximum absolute atomic E-state index is 5.98. The molecule has 1 atom stereocenters. The highest BCUT2D eigenvalue weighted by atomic mass is 35.5. The average molecular weight is 204 g/mol. The van der Waals surface area contributed by atoms with E-state index in [1.54, 1.807) is 6.20 Å². The smallest absolute Gasteiger partial charge is 0.0565 e. The van der Waals surface area contributed by atoms with Crippen LogP contribution >= 0.6 is 12.4 Å². The summed E-state index contributed by atoms with van der Waals surface area (Å²) in [4.78, 5) is 0. The van der Waals surface area contributed by atoms with Gasteiger partial charge in [0.25, 0.3) is 0 Å². The van der Waals surface area contributed by atoms with Gasteiger partial charge >= 0.3 is 0 Å². The first-order valence-corrected chi connectivity index (χ1v) is 4.23. The minimum Gasteiger partial charge on any atom is -0.326 e. The van der Waals surface area contributed by atoms with Crippen molar-refractivity contribution in [1.29, 1.82) is 0 Å². The lowest BCUT2D eigenvalue weighted by molar-refractivity contribution is 0.283. The van der Waals surface area contributed by atoms with Crippen LogP contribution in [0.2, 0.25) is 0 Å². The molecule has 0 fully saturated rings. The van der Waals surface area contributed by atoms with Gasteiger partial charge in [0.2, 0.25) is 0 Å². The molecule has 0 spiro atoms. The number of halogens is 1. The molecule has 0 aliphatic carbocycles. The van der Waals surface area contributed by atoms with Gasteiger partial charge < -0.3 is 5.73 Å². The van der Waals surface area contributed by atoms with Gasteiger partial charge in [-0.1, -0.05) is 20.8 Å². The molecule has 1 aromatic heterocycles. The maximum atomic E-state index is 5.98. The van der Waals surface area contributed by atoms with Crippen LogP contribution in [0.4, 0.5) is 0 Å². The summed E-state index contributed by atoms with van der Waals surface area (Å²) in [6, 6.07) is 2.06. The van der Waals surface area contributed by atoms with Crippen molar-refractivity contribution in [3.8, 4) is 0 Å². The van der Waals surface area contributed by atoms with E-state index in [9.17, 15) is 0 Å². The number of hydrogen-bond donors (Lipinski definition) is 1. The van der Waals surface area contributed by atoms with Crippen molar-refractivity contribution < 1.29 is 0 Å². The monoisotopic (exact) mass is 203 g/mol. The molecule has 1 aromatic rings. The van der Waals surface area contributed by atoms with E-state index in [-0.39, 0.29) is 23.9 Å². The lowest BCUT2D eigenvalue weighted by Crippen LogP contribution is -2.38. The number of aromatic nitrogens is 2. The van der Waals surface area contributed by atoms with Crippen LogP contribution in [-0.4, -0.2) is 15.8 Å². The Hall–Kier alpha value is -0.540. The number of rotatable bonds is 2. The Labute approximate surface area is 85.7 Å². The molecule has 0 aliphatic rings. The summed E-state index contributed by atoms with van der Waals surface area (Å²) >= 11 is 0. The summed E-state index contributed by atoms with van der Waals surface area (Å²) in [6.07, 6.45) is 3.71. The minimum atomic E-state index is 0. The largest absolute Gasteiger partial charge is 0.326 e. The van der Waals surface area contributed by atoms with Crippen LogP contribution in [0.5, 0.6) is 0 Å². The first-order valence-electron chi connectivity index (χ1n) is 4.23. The van der Waals surface area contributed by atoms with Crippen molar-refractivity contribution in [2.24, 2.45) is 11.1 Å². The van der Waals surface area contributed by atoms with Crippen LogP contribution in [0, 0.1) is 5.41 Å². The Morgan fingerprint density at radius 3 is 2.46 bits per heavy atom. The lowest BCUT2D eigenvalue weighted by atomic mass is 9.87. The summed E-state index contributed by atoms with van der Waals surface area (Å²) in [6.45, 7) is 7.21. The zero-order chi connectivity index (χ0) is 9.19. The predicted octanol–water partition coefficient (Wildman–Crippen LogP) is 1.68. The molecule has 1 unspecified atom stereocenters. The zero-order valence-corrected chi connectivity index (χ0v) is 9.21. The minimum absolute atomic E-state index is 0. The van der Waals surface area contributed by atoms with E-state index in [2.05, 4.69) is 25.9 Å². The van der Waals surface area contributed by atoms with Gasteiger partial charge in [-0.05, 0) is 11.5 Å². The molecule has 0 aliphatic heterocycles. The highest BCUT2D eigenvalue weighted by Gasteiger charge is 2.20. The van der Waals surface area contributed by atoms with Crippen LogP contribution in [0.3, 0.4) is 0 Å². The van der Waals surface area contributed by atoms with Gasteiger partial charge in [-0.3, -0.25) is 4.68 Å².